The Morgan fingerprint density at radius 3 is 2.57 bits per heavy atom. The number of anilines is 1. The smallest absolute Gasteiger partial charge is 0.180 e. The number of hydrogen-bond acceptors (Lipinski definition) is 6. The minimum atomic E-state index is 0.691. The van der Waals surface area contributed by atoms with E-state index in [1.165, 1.54) is 24.9 Å². The minimum absolute atomic E-state index is 0.691. The van der Waals surface area contributed by atoms with E-state index in [2.05, 4.69) is 30.8 Å². The molecule has 0 spiro atoms. The molecule has 1 aliphatic carbocycles. The van der Waals surface area contributed by atoms with Gasteiger partial charge in [-0.15, -0.1) is 0 Å². The fraction of sp³-hybridized carbons (Fsp3) is 0.588. The van der Waals surface area contributed by atoms with Crippen LogP contribution in [-0.2, 0) is 6.54 Å². The molecular weight excluding hydrogens is 290 g/mol. The van der Waals surface area contributed by atoms with E-state index in [4.69, 9.17) is 4.42 Å². The summed E-state index contributed by atoms with van der Waals surface area (Å²) < 4.78 is 5.07. The molecule has 2 atom stereocenters. The van der Waals surface area contributed by atoms with Gasteiger partial charge in [-0.1, -0.05) is 0 Å². The molecule has 0 N–H and O–H groups in total. The summed E-state index contributed by atoms with van der Waals surface area (Å²) in [6.45, 7) is 5.42. The first kappa shape index (κ1) is 13.5. The molecule has 3 fully saturated rings. The maximum absolute atomic E-state index is 5.07. The highest BCUT2D eigenvalue weighted by Gasteiger charge is 2.40. The number of rotatable bonds is 4. The zero-order chi connectivity index (χ0) is 15.2. The van der Waals surface area contributed by atoms with Crippen LogP contribution in [0.15, 0.2) is 29.5 Å². The third kappa shape index (κ3) is 2.61. The fourth-order valence-electron chi connectivity index (χ4n) is 4.09. The Bertz CT molecular complexity index is 670. The van der Waals surface area contributed by atoms with Gasteiger partial charge in [-0.25, -0.2) is 15.0 Å². The van der Waals surface area contributed by atoms with Crippen LogP contribution in [-0.4, -0.2) is 46.0 Å². The van der Waals surface area contributed by atoms with E-state index >= 15 is 0 Å². The summed E-state index contributed by atoms with van der Waals surface area (Å²) in [4.78, 5) is 18.1. The van der Waals surface area contributed by atoms with E-state index in [-0.39, 0.29) is 0 Å². The van der Waals surface area contributed by atoms with Crippen molar-refractivity contribution < 1.29 is 4.42 Å². The maximum atomic E-state index is 5.07. The molecule has 6 heteroatoms. The first-order valence-electron chi connectivity index (χ1n) is 8.51. The predicted molar refractivity (Wildman–Crippen MR) is 85.0 cm³/mol. The monoisotopic (exact) mass is 311 g/mol. The van der Waals surface area contributed by atoms with Crippen LogP contribution >= 0.6 is 0 Å². The molecule has 2 aromatic rings. The third-order valence-electron chi connectivity index (χ3n) is 5.42. The molecule has 2 unspecified atom stereocenters. The molecule has 4 heterocycles. The van der Waals surface area contributed by atoms with Gasteiger partial charge in [0.25, 0.3) is 0 Å². The zero-order valence-electron chi connectivity index (χ0n) is 13.1. The molecule has 2 aromatic heterocycles. The van der Waals surface area contributed by atoms with Crippen molar-refractivity contribution in [1.82, 2.24) is 19.9 Å². The molecule has 3 aliphatic rings. The average molecular weight is 311 g/mol. The summed E-state index contributed by atoms with van der Waals surface area (Å²) in [7, 11) is 0. The lowest BCUT2D eigenvalue weighted by Gasteiger charge is -2.22. The molecule has 1 saturated carbocycles. The summed E-state index contributed by atoms with van der Waals surface area (Å²) in [6, 6.07) is 2.21. The Balaban J connectivity index is 1.24. The number of likely N-dealkylation sites (tertiary alicyclic amines) is 1. The molecule has 120 valence electrons. The zero-order valence-corrected chi connectivity index (χ0v) is 13.1. The van der Waals surface area contributed by atoms with Gasteiger partial charge in [0.1, 0.15) is 18.4 Å². The Labute approximate surface area is 135 Å². The third-order valence-corrected chi connectivity index (χ3v) is 5.42. The molecule has 5 rings (SSSR count). The molecule has 2 saturated heterocycles. The van der Waals surface area contributed by atoms with Crippen molar-refractivity contribution in [3.05, 3.63) is 36.4 Å². The molecule has 6 nitrogen and oxygen atoms in total. The van der Waals surface area contributed by atoms with Crippen LogP contribution in [0, 0.1) is 11.8 Å². The van der Waals surface area contributed by atoms with Crippen LogP contribution in [0.3, 0.4) is 0 Å². The fourth-order valence-corrected chi connectivity index (χ4v) is 4.09. The Morgan fingerprint density at radius 1 is 1.04 bits per heavy atom. The minimum Gasteiger partial charge on any atom is -0.451 e. The Kier molecular flexibility index (Phi) is 3.11. The van der Waals surface area contributed by atoms with E-state index in [1.807, 2.05) is 0 Å². The number of aromatic nitrogens is 3. The average Bonchev–Trinajstić information content (AvgIpc) is 2.96. The molecule has 0 aromatic carbocycles. The largest absolute Gasteiger partial charge is 0.451 e. The standard InChI is InChI=1S/C17H21N5O/c1-2-12(1)16-3-17(19-10-18-16)22-6-13-4-21(5-14(13)7-22)8-15-9-23-11-20-15/h3,9-14H,1-2,4-8H2. The molecule has 0 radical (unpaired) electrons. The normalized spacial score (nSPS) is 27.6. The number of fused-ring (bicyclic) bond motifs is 1. The van der Waals surface area contributed by atoms with Crippen LogP contribution in [0.5, 0.6) is 0 Å². The van der Waals surface area contributed by atoms with Gasteiger partial charge in [0.15, 0.2) is 6.39 Å². The van der Waals surface area contributed by atoms with Gasteiger partial charge < -0.3 is 9.32 Å². The summed E-state index contributed by atoms with van der Waals surface area (Å²) in [6.07, 6.45) is 7.59. The molecular formula is C17H21N5O. The van der Waals surface area contributed by atoms with Gasteiger partial charge in [-0.3, -0.25) is 4.90 Å². The van der Waals surface area contributed by atoms with Gasteiger partial charge >= 0.3 is 0 Å². The lowest BCUT2D eigenvalue weighted by atomic mass is 10.0. The van der Waals surface area contributed by atoms with E-state index in [1.54, 1.807) is 12.6 Å². The number of hydrogen-bond donors (Lipinski definition) is 0. The first-order valence-corrected chi connectivity index (χ1v) is 8.51. The highest BCUT2D eigenvalue weighted by Crippen LogP contribution is 2.40. The SMILES string of the molecule is c1nc(C2CC2)cc(N2CC3CN(Cc4cocn4)CC3C2)n1. The summed E-state index contributed by atoms with van der Waals surface area (Å²) in [5.41, 5.74) is 2.27. The molecule has 0 bridgehead atoms. The quantitative estimate of drug-likeness (QED) is 0.860. The van der Waals surface area contributed by atoms with Gasteiger partial charge in [0.05, 0.1) is 5.69 Å². The number of oxazole rings is 1. The van der Waals surface area contributed by atoms with E-state index in [9.17, 15) is 0 Å². The second-order valence-corrected chi connectivity index (χ2v) is 7.17. The van der Waals surface area contributed by atoms with Gasteiger partial charge in [0.2, 0.25) is 0 Å². The second kappa shape index (κ2) is 5.30. The summed E-state index contributed by atoms with van der Waals surface area (Å²) in [5.74, 6) is 3.29. The van der Waals surface area contributed by atoms with Crippen molar-refractivity contribution in [2.45, 2.75) is 25.3 Å². The van der Waals surface area contributed by atoms with Crippen molar-refractivity contribution in [3.63, 3.8) is 0 Å². The topological polar surface area (TPSA) is 58.3 Å². The number of nitrogens with zero attached hydrogens (tertiary/aromatic N) is 5. The first-order chi connectivity index (χ1) is 11.3. The highest BCUT2D eigenvalue weighted by molar-refractivity contribution is 5.42. The van der Waals surface area contributed by atoms with Crippen molar-refractivity contribution in [1.29, 1.82) is 0 Å². The summed E-state index contributed by atoms with van der Waals surface area (Å²) in [5, 5.41) is 0. The van der Waals surface area contributed by atoms with Gasteiger partial charge in [-0.05, 0) is 24.7 Å². The second-order valence-electron chi connectivity index (χ2n) is 7.17. The van der Waals surface area contributed by atoms with E-state index in [0.29, 0.717) is 5.92 Å². The van der Waals surface area contributed by atoms with E-state index < -0.39 is 0 Å². The Morgan fingerprint density at radius 2 is 1.87 bits per heavy atom. The van der Waals surface area contributed by atoms with Gasteiger partial charge in [-0.2, -0.15) is 0 Å². The lowest BCUT2D eigenvalue weighted by Crippen LogP contribution is -2.29. The van der Waals surface area contributed by atoms with Crippen molar-refractivity contribution >= 4 is 5.82 Å². The predicted octanol–water partition coefficient (Wildman–Crippen LogP) is 1.91. The van der Waals surface area contributed by atoms with Crippen LogP contribution < -0.4 is 4.90 Å². The van der Waals surface area contributed by atoms with E-state index in [0.717, 1.165) is 56.1 Å². The highest BCUT2D eigenvalue weighted by atomic mass is 16.3. The lowest BCUT2D eigenvalue weighted by molar-refractivity contribution is 0.305. The molecule has 2 aliphatic heterocycles. The van der Waals surface area contributed by atoms with Crippen molar-refractivity contribution in [3.8, 4) is 0 Å². The molecule has 23 heavy (non-hydrogen) atoms. The van der Waals surface area contributed by atoms with Crippen molar-refractivity contribution in [2.75, 3.05) is 31.1 Å². The van der Waals surface area contributed by atoms with Crippen LogP contribution in [0.4, 0.5) is 5.82 Å². The Hall–Kier alpha value is -1.95. The summed E-state index contributed by atoms with van der Waals surface area (Å²) >= 11 is 0. The van der Waals surface area contributed by atoms with Gasteiger partial charge in [0, 0.05) is 50.4 Å². The van der Waals surface area contributed by atoms with Crippen molar-refractivity contribution in [2.24, 2.45) is 11.8 Å². The molecule has 0 amide bonds. The maximum Gasteiger partial charge on any atom is 0.180 e. The van der Waals surface area contributed by atoms with Crippen LogP contribution in [0.25, 0.3) is 0 Å². The van der Waals surface area contributed by atoms with Crippen LogP contribution in [0.2, 0.25) is 0 Å². The van der Waals surface area contributed by atoms with Crippen LogP contribution in [0.1, 0.15) is 30.1 Å².